The highest BCUT2D eigenvalue weighted by molar-refractivity contribution is 7.22. The van der Waals surface area contributed by atoms with Crippen LogP contribution in [-0.4, -0.2) is 22.9 Å². The molecule has 2 aromatic carbocycles. The second kappa shape index (κ2) is 7.88. The van der Waals surface area contributed by atoms with Crippen molar-refractivity contribution in [3.8, 4) is 16.9 Å². The number of nitrogens with one attached hydrogen (secondary N) is 1. The summed E-state index contributed by atoms with van der Waals surface area (Å²) in [5, 5.41) is 4.26. The van der Waals surface area contributed by atoms with Gasteiger partial charge in [-0.15, -0.1) is 0 Å². The fraction of sp³-hybridized carbons (Fsp3) is 0.208. The van der Waals surface area contributed by atoms with Crippen molar-refractivity contribution in [1.82, 2.24) is 9.97 Å². The second-order valence-electron chi connectivity index (χ2n) is 7.37. The van der Waals surface area contributed by atoms with E-state index in [1.165, 1.54) is 11.1 Å². The number of carbonyl (C=O) groups excluding carboxylic acids is 1. The number of Topliss-reactive ketones (excluding diaryl/α,β-unsaturated/α-hetero) is 1. The smallest absolute Gasteiger partial charge is 0.185 e. The minimum absolute atomic E-state index is 0.251. The Morgan fingerprint density at radius 1 is 1.03 bits per heavy atom. The van der Waals surface area contributed by atoms with Gasteiger partial charge in [0.2, 0.25) is 0 Å². The average molecular weight is 416 g/mol. The van der Waals surface area contributed by atoms with Crippen LogP contribution in [0.25, 0.3) is 21.5 Å². The van der Waals surface area contributed by atoms with Gasteiger partial charge in [-0.05, 0) is 35.2 Å². The molecule has 0 spiro atoms. The van der Waals surface area contributed by atoms with Crippen LogP contribution in [0.1, 0.15) is 23.2 Å². The van der Waals surface area contributed by atoms with Gasteiger partial charge in [0.15, 0.2) is 10.8 Å². The van der Waals surface area contributed by atoms with Crippen LogP contribution in [-0.2, 0) is 24.2 Å². The molecule has 0 saturated carbocycles. The minimum Gasteiger partial charge on any atom is -0.497 e. The van der Waals surface area contributed by atoms with E-state index in [-0.39, 0.29) is 5.78 Å². The summed E-state index contributed by atoms with van der Waals surface area (Å²) in [5.74, 6) is 1.09. The molecular formula is C24H21N3O2S. The van der Waals surface area contributed by atoms with Gasteiger partial charge >= 0.3 is 0 Å². The number of hydrogen-bond acceptors (Lipinski definition) is 6. The highest BCUT2D eigenvalue weighted by atomic mass is 32.1. The summed E-state index contributed by atoms with van der Waals surface area (Å²) in [4.78, 5) is 21.6. The first-order valence-electron chi connectivity index (χ1n) is 9.97. The van der Waals surface area contributed by atoms with Gasteiger partial charge < -0.3 is 10.1 Å². The maximum absolute atomic E-state index is 12.0. The van der Waals surface area contributed by atoms with Crippen molar-refractivity contribution in [1.29, 1.82) is 0 Å². The molecule has 1 aliphatic rings. The van der Waals surface area contributed by atoms with E-state index in [4.69, 9.17) is 14.7 Å². The third-order valence-electron chi connectivity index (χ3n) is 5.41. The zero-order valence-corrected chi connectivity index (χ0v) is 17.5. The first-order valence-corrected chi connectivity index (χ1v) is 10.8. The second-order valence-corrected chi connectivity index (χ2v) is 8.37. The van der Waals surface area contributed by atoms with Crippen LogP contribution in [0.15, 0.2) is 54.6 Å². The van der Waals surface area contributed by atoms with Crippen LogP contribution in [0.2, 0.25) is 0 Å². The predicted octanol–water partition coefficient (Wildman–Crippen LogP) is 5.04. The molecule has 6 heteroatoms. The Morgan fingerprint density at radius 3 is 2.60 bits per heavy atom. The molecule has 4 aromatic rings. The molecule has 0 amide bonds. The third kappa shape index (κ3) is 3.55. The lowest BCUT2D eigenvalue weighted by atomic mass is 9.88. The van der Waals surface area contributed by atoms with Crippen molar-refractivity contribution in [3.63, 3.8) is 0 Å². The number of methoxy groups -OCH3 is 1. The standard InChI is InChI=1S/C24H21N3O2S/c1-29-18-10-7-15(8-11-18)14-25-24-27-23-22(30-24)21(16-5-3-2-4-6-16)19-12-9-17(28)13-20(19)26-23/h2-8,10-11H,9,12-14H2,1H3,(H,25,26,27). The number of benzene rings is 2. The number of thiazole rings is 1. The number of aromatic nitrogens is 2. The Balaban J connectivity index is 1.53. The fourth-order valence-electron chi connectivity index (χ4n) is 3.89. The molecule has 1 aliphatic carbocycles. The van der Waals surface area contributed by atoms with Crippen LogP contribution in [0.5, 0.6) is 5.75 Å². The summed E-state index contributed by atoms with van der Waals surface area (Å²) < 4.78 is 6.30. The number of rotatable bonds is 5. The SMILES string of the molecule is COc1ccc(CNc2nc3nc4c(c(-c5ccccc5)c3s2)CCC(=O)C4)cc1. The molecule has 5 nitrogen and oxygen atoms in total. The summed E-state index contributed by atoms with van der Waals surface area (Å²) >= 11 is 1.62. The van der Waals surface area contributed by atoms with Gasteiger partial charge in [0.25, 0.3) is 0 Å². The molecule has 0 fully saturated rings. The average Bonchev–Trinajstić information content (AvgIpc) is 3.19. The maximum Gasteiger partial charge on any atom is 0.185 e. The lowest BCUT2D eigenvalue weighted by Gasteiger charge is -2.18. The molecule has 0 unspecified atom stereocenters. The number of fused-ring (bicyclic) bond motifs is 2. The Labute approximate surface area is 178 Å². The summed E-state index contributed by atoms with van der Waals surface area (Å²) in [6.07, 6.45) is 1.73. The number of carbonyl (C=O) groups is 1. The van der Waals surface area contributed by atoms with E-state index in [1.807, 2.05) is 42.5 Å². The topological polar surface area (TPSA) is 64.1 Å². The van der Waals surface area contributed by atoms with Crippen molar-refractivity contribution in [2.24, 2.45) is 0 Å². The number of anilines is 1. The lowest BCUT2D eigenvalue weighted by molar-refractivity contribution is -0.118. The van der Waals surface area contributed by atoms with Crippen molar-refractivity contribution < 1.29 is 9.53 Å². The first-order chi connectivity index (χ1) is 14.7. The largest absolute Gasteiger partial charge is 0.497 e. The molecular weight excluding hydrogens is 394 g/mol. The number of ketones is 1. The molecule has 1 N–H and O–H groups in total. The number of hydrogen-bond donors (Lipinski definition) is 1. The van der Waals surface area contributed by atoms with Gasteiger partial charge in [-0.2, -0.15) is 0 Å². The summed E-state index contributed by atoms with van der Waals surface area (Å²) in [5.41, 5.74) is 6.27. The van der Waals surface area contributed by atoms with E-state index in [2.05, 4.69) is 17.4 Å². The van der Waals surface area contributed by atoms with Crippen LogP contribution in [0.3, 0.4) is 0 Å². The van der Waals surface area contributed by atoms with Gasteiger partial charge in [-0.3, -0.25) is 4.79 Å². The van der Waals surface area contributed by atoms with E-state index in [9.17, 15) is 4.79 Å². The van der Waals surface area contributed by atoms with Gasteiger partial charge in [-0.25, -0.2) is 9.97 Å². The van der Waals surface area contributed by atoms with Gasteiger partial charge in [0.05, 0.1) is 17.5 Å². The fourth-order valence-corrected chi connectivity index (χ4v) is 4.88. The summed E-state index contributed by atoms with van der Waals surface area (Å²) in [6, 6.07) is 18.3. The van der Waals surface area contributed by atoms with Crippen LogP contribution >= 0.6 is 11.3 Å². The van der Waals surface area contributed by atoms with E-state index in [0.29, 0.717) is 25.0 Å². The number of ether oxygens (including phenoxy) is 1. The molecule has 5 rings (SSSR count). The molecule has 2 aromatic heterocycles. The highest BCUT2D eigenvalue weighted by Gasteiger charge is 2.24. The van der Waals surface area contributed by atoms with Crippen molar-refractivity contribution in [2.45, 2.75) is 25.8 Å². The van der Waals surface area contributed by atoms with Gasteiger partial charge in [0, 0.05) is 24.9 Å². The lowest BCUT2D eigenvalue weighted by Crippen LogP contribution is -2.16. The molecule has 0 aliphatic heterocycles. The van der Waals surface area contributed by atoms with Crippen molar-refractivity contribution in [3.05, 3.63) is 71.4 Å². The quantitative estimate of drug-likeness (QED) is 0.495. The van der Waals surface area contributed by atoms with E-state index in [1.54, 1.807) is 18.4 Å². The third-order valence-corrected chi connectivity index (χ3v) is 6.43. The Kier molecular flexibility index (Phi) is 4.93. The highest BCUT2D eigenvalue weighted by Crippen LogP contribution is 2.40. The normalized spacial score (nSPS) is 13.3. The van der Waals surface area contributed by atoms with Crippen LogP contribution in [0.4, 0.5) is 5.13 Å². The Morgan fingerprint density at radius 2 is 1.83 bits per heavy atom. The monoisotopic (exact) mass is 415 g/mol. The number of nitrogens with zero attached hydrogens (tertiary/aromatic N) is 2. The van der Waals surface area contributed by atoms with E-state index in [0.717, 1.165) is 38.8 Å². The first kappa shape index (κ1) is 18.8. The molecule has 0 atom stereocenters. The summed E-state index contributed by atoms with van der Waals surface area (Å²) in [6.45, 7) is 0.669. The van der Waals surface area contributed by atoms with Crippen molar-refractivity contribution >= 4 is 32.6 Å². The van der Waals surface area contributed by atoms with Crippen LogP contribution < -0.4 is 10.1 Å². The molecule has 0 radical (unpaired) electrons. The molecule has 0 saturated heterocycles. The molecule has 0 bridgehead atoms. The van der Waals surface area contributed by atoms with E-state index < -0.39 is 0 Å². The van der Waals surface area contributed by atoms with E-state index >= 15 is 0 Å². The van der Waals surface area contributed by atoms with Crippen molar-refractivity contribution in [2.75, 3.05) is 12.4 Å². The number of pyridine rings is 1. The molecule has 150 valence electrons. The molecule has 2 heterocycles. The molecule has 30 heavy (non-hydrogen) atoms. The predicted molar refractivity (Wildman–Crippen MR) is 120 cm³/mol. The maximum atomic E-state index is 12.0. The van der Waals surface area contributed by atoms with Gasteiger partial charge in [-0.1, -0.05) is 53.8 Å². The van der Waals surface area contributed by atoms with Crippen LogP contribution in [0, 0.1) is 0 Å². The summed E-state index contributed by atoms with van der Waals surface area (Å²) in [7, 11) is 1.67. The zero-order chi connectivity index (χ0) is 20.5. The minimum atomic E-state index is 0.251. The zero-order valence-electron chi connectivity index (χ0n) is 16.6. The van der Waals surface area contributed by atoms with Gasteiger partial charge in [0.1, 0.15) is 11.5 Å². The Hall–Kier alpha value is -3.25. The Bertz CT molecular complexity index is 1220.